The summed E-state index contributed by atoms with van der Waals surface area (Å²) < 4.78 is 4.79. The maximum absolute atomic E-state index is 11.9. The second kappa shape index (κ2) is 9.22. The average molecular weight is 298 g/mol. The van der Waals surface area contributed by atoms with Crippen LogP contribution in [0.25, 0.3) is 0 Å². The van der Waals surface area contributed by atoms with E-state index in [9.17, 15) is 9.59 Å². The van der Waals surface area contributed by atoms with Crippen LogP contribution in [-0.4, -0.2) is 30.4 Å². The van der Waals surface area contributed by atoms with Gasteiger partial charge >= 0.3 is 5.97 Å². The molecule has 0 amide bonds. The van der Waals surface area contributed by atoms with Gasteiger partial charge in [0.25, 0.3) is 0 Å². The van der Waals surface area contributed by atoms with Crippen LogP contribution in [0.4, 0.5) is 0 Å². The van der Waals surface area contributed by atoms with Crippen molar-refractivity contribution in [1.29, 1.82) is 0 Å². The number of carbonyl (C=O) groups is 2. The largest absolute Gasteiger partial charge is 0.468 e. The van der Waals surface area contributed by atoms with Gasteiger partial charge in [-0.1, -0.05) is 31.9 Å². The van der Waals surface area contributed by atoms with Gasteiger partial charge in [-0.25, -0.2) is 0 Å². The number of thioether (sulfide) groups is 1. The minimum absolute atomic E-state index is 0.0419. The van der Waals surface area contributed by atoms with Gasteiger partial charge in [0.1, 0.15) is 11.7 Å². The van der Waals surface area contributed by atoms with E-state index < -0.39 is 5.92 Å². The van der Waals surface area contributed by atoms with E-state index in [0.717, 1.165) is 12.8 Å². The van der Waals surface area contributed by atoms with E-state index in [-0.39, 0.29) is 22.9 Å². The highest BCUT2D eigenvalue weighted by Gasteiger charge is 2.43. The minimum atomic E-state index is -0.558. The van der Waals surface area contributed by atoms with Crippen molar-refractivity contribution in [1.82, 2.24) is 0 Å². The summed E-state index contributed by atoms with van der Waals surface area (Å²) in [5.74, 6) is -0.790. The lowest BCUT2D eigenvalue weighted by Gasteiger charge is -2.22. The summed E-state index contributed by atoms with van der Waals surface area (Å²) in [5, 5.41) is 0.229. The van der Waals surface area contributed by atoms with Crippen LogP contribution in [0.3, 0.4) is 0 Å². The predicted molar refractivity (Wildman–Crippen MR) is 83.8 cm³/mol. The topological polar surface area (TPSA) is 43.4 Å². The Morgan fingerprint density at radius 2 is 2.25 bits per heavy atom. The molecule has 20 heavy (non-hydrogen) atoms. The highest BCUT2D eigenvalue weighted by atomic mass is 32.2. The number of methoxy groups -OCH3 is 1. The predicted octanol–water partition coefficient (Wildman–Crippen LogP) is 3.62. The summed E-state index contributed by atoms with van der Waals surface area (Å²) in [6, 6.07) is 0. The second-order valence-corrected chi connectivity index (χ2v) is 6.31. The van der Waals surface area contributed by atoms with Crippen LogP contribution in [0.1, 0.15) is 45.4 Å². The third-order valence-electron chi connectivity index (χ3n) is 3.95. The summed E-state index contributed by atoms with van der Waals surface area (Å²) in [7, 11) is 1.36. The van der Waals surface area contributed by atoms with Crippen LogP contribution in [0, 0.1) is 11.8 Å². The van der Waals surface area contributed by atoms with Gasteiger partial charge in [-0.15, -0.1) is 0 Å². The zero-order valence-corrected chi connectivity index (χ0v) is 13.6. The lowest BCUT2D eigenvalue weighted by Crippen LogP contribution is -2.31. The molecule has 0 aromatic heterocycles. The molecule has 1 aliphatic rings. The second-order valence-electron chi connectivity index (χ2n) is 5.29. The first kappa shape index (κ1) is 17.3. The first-order valence-corrected chi connectivity index (χ1v) is 8.74. The molecule has 0 heterocycles. The molecule has 0 spiro atoms. The zero-order chi connectivity index (χ0) is 15.0. The molecule has 1 rings (SSSR count). The number of unbranched alkanes of at least 4 members (excludes halogenated alkanes) is 3. The molecule has 0 saturated heterocycles. The third kappa shape index (κ3) is 4.65. The summed E-state index contributed by atoms with van der Waals surface area (Å²) in [5.41, 5.74) is 0. The molecule has 114 valence electrons. The number of allylic oxidation sites excluding steroid dienone is 1. The van der Waals surface area contributed by atoms with Crippen molar-refractivity contribution >= 4 is 23.5 Å². The Labute approximate surface area is 126 Å². The first-order valence-electron chi connectivity index (χ1n) is 7.45. The standard InChI is InChI=1S/C16H26O3S/c1-4-5-6-7-8-9-14(20-3)12-10-11-13(17)15(12)16(18)19-2/h8-9,12,14-15H,4-7,10-11H2,1-3H3/b9-8+. The third-order valence-corrected chi connectivity index (χ3v) is 5.00. The molecule has 0 aliphatic heterocycles. The fraction of sp³-hybridized carbons (Fsp3) is 0.750. The van der Waals surface area contributed by atoms with Crippen LogP contribution < -0.4 is 0 Å². The van der Waals surface area contributed by atoms with Gasteiger partial charge < -0.3 is 4.74 Å². The summed E-state index contributed by atoms with van der Waals surface area (Å²) >= 11 is 1.72. The molecule has 0 N–H and O–H groups in total. The van der Waals surface area contributed by atoms with Gasteiger partial charge in [-0.2, -0.15) is 11.8 Å². The number of ketones is 1. The van der Waals surface area contributed by atoms with Crippen molar-refractivity contribution in [2.75, 3.05) is 13.4 Å². The highest BCUT2D eigenvalue weighted by Crippen LogP contribution is 2.37. The zero-order valence-electron chi connectivity index (χ0n) is 12.8. The van der Waals surface area contributed by atoms with Crippen molar-refractivity contribution in [2.45, 2.75) is 50.7 Å². The molecule has 0 aromatic rings. The van der Waals surface area contributed by atoms with Crippen molar-refractivity contribution in [3.63, 3.8) is 0 Å². The van der Waals surface area contributed by atoms with Gasteiger partial charge in [0.2, 0.25) is 0 Å². The van der Waals surface area contributed by atoms with Crippen LogP contribution in [0.2, 0.25) is 0 Å². The molecule has 3 nitrogen and oxygen atoms in total. The lowest BCUT2D eigenvalue weighted by molar-refractivity contribution is -0.149. The van der Waals surface area contributed by atoms with Gasteiger partial charge in [0.05, 0.1) is 7.11 Å². The fourth-order valence-electron chi connectivity index (χ4n) is 2.80. The molecule has 4 heteroatoms. The Bertz CT molecular complexity index is 352. The molecule has 0 bridgehead atoms. The number of ether oxygens (including phenoxy) is 1. The first-order chi connectivity index (χ1) is 9.65. The molecule has 1 aliphatic carbocycles. The number of hydrogen-bond donors (Lipinski definition) is 0. The summed E-state index contributed by atoms with van der Waals surface area (Å²) in [6.07, 6.45) is 12.5. The van der Waals surface area contributed by atoms with Crippen LogP contribution in [0.5, 0.6) is 0 Å². The molecular weight excluding hydrogens is 272 g/mol. The molecule has 0 aromatic carbocycles. The van der Waals surface area contributed by atoms with Crippen molar-refractivity contribution in [2.24, 2.45) is 11.8 Å². The minimum Gasteiger partial charge on any atom is -0.468 e. The fourth-order valence-corrected chi connectivity index (χ4v) is 3.71. The van der Waals surface area contributed by atoms with Gasteiger partial charge in [0.15, 0.2) is 0 Å². The Hall–Kier alpha value is -0.770. The Morgan fingerprint density at radius 1 is 1.50 bits per heavy atom. The number of rotatable bonds is 8. The van der Waals surface area contributed by atoms with Crippen molar-refractivity contribution in [3.05, 3.63) is 12.2 Å². The highest BCUT2D eigenvalue weighted by molar-refractivity contribution is 7.99. The van der Waals surface area contributed by atoms with E-state index in [1.165, 1.54) is 26.4 Å². The number of hydrogen-bond acceptors (Lipinski definition) is 4. The normalized spacial score (nSPS) is 24.2. The Balaban J connectivity index is 2.63. The van der Waals surface area contributed by atoms with E-state index in [0.29, 0.717) is 6.42 Å². The molecule has 0 radical (unpaired) electrons. The number of Topliss-reactive ketones (excluding diaryl/α,β-unsaturated/α-hetero) is 1. The van der Waals surface area contributed by atoms with Crippen LogP contribution >= 0.6 is 11.8 Å². The van der Waals surface area contributed by atoms with Crippen molar-refractivity contribution in [3.8, 4) is 0 Å². The smallest absolute Gasteiger partial charge is 0.316 e. The van der Waals surface area contributed by atoms with E-state index in [4.69, 9.17) is 4.74 Å². The molecular formula is C16H26O3S. The van der Waals surface area contributed by atoms with E-state index in [1.807, 2.05) is 6.26 Å². The van der Waals surface area contributed by atoms with Gasteiger partial charge in [-0.05, 0) is 31.4 Å². The molecule has 3 atom stereocenters. The molecule has 3 unspecified atom stereocenters. The molecule has 1 fully saturated rings. The van der Waals surface area contributed by atoms with Crippen molar-refractivity contribution < 1.29 is 14.3 Å². The Kier molecular flexibility index (Phi) is 7.97. The average Bonchev–Trinajstić information content (AvgIpc) is 2.84. The van der Waals surface area contributed by atoms with E-state index >= 15 is 0 Å². The maximum Gasteiger partial charge on any atom is 0.316 e. The summed E-state index contributed by atoms with van der Waals surface area (Å²) in [4.78, 5) is 23.7. The maximum atomic E-state index is 11.9. The van der Waals surface area contributed by atoms with Gasteiger partial charge in [0, 0.05) is 11.7 Å². The van der Waals surface area contributed by atoms with E-state index in [2.05, 4.69) is 19.1 Å². The van der Waals surface area contributed by atoms with Gasteiger partial charge in [-0.3, -0.25) is 9.59 Å². The van der Waals surface area contributed by atoms with Crippen LogP contribution in [0.15, 0.2) is 12.2 Å². The quantitative estimate of drug-likeness (QED) is 0.297. The Morgan fingerprint density at radius 3 is 2.85 bits per heavy atom. The number of carbonyl (C=O) groups excluding carboxylic acids is 2. The van der Waals surface area contributed by atoms with Crippen LogP contribution in [-0.2, 0) is 14.3 Å². The van der Waals surface area contributed by atoms with E-state index in [1.54, 1.807) is 11.8 Å². The number of esters is 1. The molecule has 1 saturated carbocycles. The monoisotopic (exact) mass is 298 g/mol. The summed E-state index contributed by atoms with van der Waals surface area (Å²) in [6.45, 7) is 2.19. The SMILES string of the molecule is CCCCC/C=C/C(SC)C1CCC(=O)C1C(=O)OC. The lowest BCUT2D eigenvalue weighted by atomic mass is 9.91.